The van der Waals surface area contributed by atoms with Crippen LogP contribution in [0.4, 0.5) is 0 Å². The smallest absolute Gasteiger partial charge is 0.0966 e. The van der Waals surface area contributed by atoms with Gasteiger partial charge in [0.2, 0.25) is 0 Å². The van der Waals surface area contributed by atoms with Crippen LogP contribution in [-0.4, -0.2) is 15.0 Å². The van der Waals surface area contributed by atoms with Gasteiger partial charge in [0.1, 0.15) is 0 Å². The van der Waals surface area contributed by atoms with Crippen molar-refractivity contribution in [2.24, 2.45) is 0 Å². The Balaban J connectivity index is 2.10. The van der Waals surface area contributed by atoms with Crippen LogP contribution in [-0.2, 0) is 0 Å². The molecule has 4 heteroatoms. The highest BCUT2D eigenvalue weighted by molar-refractivity contribution is 9.10. The summed E-state index contributed by atoms with van der Waals surface area (Å²) >= 11 is 3.54. The molecule has 0 aliphatic rings. The van der Waals surface area contributed by atoms with Crippen LogP contribution in [0.25, 0.3) is 43.7 Å². The van der Waals surface area contributed by atoms with Gasteiger partial charge in [-0.05, 0) is 24.3 Å². The average molecular weight is 336 g/mol. The summed E-state index contributed by atoms with van der Waals surface area (Å²) in [6, 6.07) is 14.6. The predicted molar refractivity (Wildman–Crippen MR) is 90.7 cm³/mol. The van der Waals surface area contributed by atoms with Crippen molar-refractivity contribution in [2.75, 3.05) is 0 Å². The lowest BCUT2D eigenvalue weighted by Gasteiger charge is -1.94. The maximum absolute atomic E-state index is 4.65. The van der Waals surface area contributed by atoms with Gasteiger partial charge in [-0.2, -0.15) is 0 Å². The molecule has 0 bridgehead atoms. The summed E-state index contributed by atoms with van der Waals surface area (Å²) in [5.41, 5.74) is 5.43. The quantitative estimate of drug-likeness (QED) is 0.405. The van der Waals surface area contributed by atoms with E-state index in [0.29, 0.717) is 0 Å². The molecule has 3 aromatic heterocycles. The zero-order chi connectivity index (χ0) is 14.0. The lowest BCUT2D eigenvalue weighted by atomic mass is 10.1. The Morgan fingerprint density at radius 1 is 0.857 bits per heavy atom. The molecule has 5 aromatic rings. The second-order valence-corrected chi connectivity index (χ2v) is 6.17. The van der Waals surface area contributed by atoms with Gasteiger partial charge in [-0.3, -0.25) is 4.98 Å². The van der Waals surface area contributed by atoms with Gasteiger partial charge in [-0.15, -0.1) is 0 Å². The Morgan fingerprint density at radius 2 is 1.71 bits per heavy atom. The van der Waals surface area contributed by atoms with Gasteiger partial charge < -0.3 is 9.97 Å². The zero-order valence-corrected chi connectivity index (χ0v) is 12.5. The molecule has 0 aliphatic carbocycles. The fraction of sp³-hybridized carbons (Fsp3) is 0. The van der Waals surface area contributed by atoms with Crippen LogP contribution in [0.2, 0.25) is 0 Å². The number of rotatable bonds is 0. The van der Waals surface area contributed by atoms with Crippen molar-refractivity contribution in [2.45, 2.75) is 0 Å². The van der Waals surface area contributed by atoms with Crippen molar-refractivity contribution in [3.8, 4) is 0 Å². The highest BCUT2D eigenvalue weighted by atomic mass is 79.9. The normalized spacial score (nSPS) is 12.0. The van der Waals surface area contributed by atoms with Crippen LogP contribution in [0, 0.1) is 0 Å². The SMILES string of the molecule is Brc1ccc2[nH]c3c(ncc4[nH]c5ccccc5c43)c2c1. The molecule has 0 unspecified atom stereocenters. The molecule has 0 saturated carbocycles. The minimum atomic E-state index is 1.02. The maximum atomic E-state index is 4.65. The van der Waals surface area contributed by atoms with Gasteiger partial charge in [0, 0.05) is 31.7 Å². The number of para-hydroxylation sites is 1. The first-order chi connectivity index (χ1) is 10.3. The molecular formula is C17H10BrN3. The first kappa shape index (κ1) is 11.3. The Kier molecular flexibility index (Phi) is 2.08. The third kappa shape index (κ3) is 1.45. The Bertz CT molecular complexity index is 1150. The molecule has 2 N–H and O–H groups in total. The third-order valence-corrected chi connectivity index (χ3v) is 4.53. The number of aromatic amines is 2. The fourth-order valence-electron chi connectivity index (χ4n) is 3.12. The highest BCUT2D eigenvalue weighted by Gasteiger charge is 2.13. The van der Waals surface area contributed by atoms with E-state index in [9.17, 15) is 0 Å². The van der Waals surface area contributed by atoms with E-state index in [2.05, 4.69) is 61.2 Å². The monoisotopic (exact) mass is 335 g/mol. The molecule has 0 amide bonds. The van der Waals surface area contributed by atoms with Gasteiger partial charge in [-0.1, -0.05) is 34.1 Å². The number of aromatic nitrogens is 3. The van der Waals surface area contributed by atoms with Crippen molar-refractivity contribution < 1.29 is 0 Å². The van der Waals surface area contributed by atoms with Crippen molar-refractivity contribution in [1.82, 2.24) is 15.0 Å². The van der Waals surface area contributed by atoms with Crippen molar-refractivity contribution in [1.29, 1.82) is 0 Å². The number of nitrogens with one attached hydrogen (secondary N) is 2. The Labute approximate surface area is 128 Å². The van der Waals surface area contributed by atoms with E-state index in [4.69, 9.17) is 0 Å². The van der Waals surface area contributed by atoms with Crippen molar-refractivity contribution in [3.05, 3.63) is 53.1 Å². The number of H-pyrrole nitrogens is 2. The molecule has 0 saturated heterocycles. The standard InChI is InChI=1S/C17H10BrN3/c18-9-5-6-13-11(7-9)16-17(21-13)15-10-3-1-2-4-12(10)20-14(15)8-19-16/h1-8,20-21H. The lowest BCUT2D eigenvalue weighted by Crippen LogP contribution is -1.77. The van der Waals surface area contributed by atoms with Gasteiger partial charge in [0.25, 0.3) is 0 Å². The number of hydrogen-bond acceptors (Lipinski definition) is 1. The minimum Gasteiger partial charge on any atom is -0.353 e. The molecule has 5 rings (SSSR count). The van der Waals surface area contributed by atoms with Gasteiger partial charge >= 0.3 is 0 Å². The Morgan fingerprint density at radius 3 is 2.67 bits per heavy atom. The molecule has 0 aliphatic heterocycles. The molecule has 0 fully saturated rings. The highest BCUT2D eigenvalue weighted by Crippen LogP contribution is 2.34. The van der Waals surface area contributed by atoms with E-state index >= 15 is 0 Å². The van der Waals surface area contributed by atoms with E-state index in [1.807, 2.05) is 18.3 Å². The summed E-state index contributed by atoms with van der Waals surface area (Å²) in [5.74, 6) is 0. The summed E-state index contributed by atoms with van der Waals surface area (Å²) in [6.07, 6.45) is 1.92. The number of pyridine rings is 1. The molecule has 21 heavy (non-hydrogen) atoms. The van der Waals surface area contributed by atoms with E-state index in [-0.39, 0.29) is 0 Å². The lowest BCUT2D eigenvalue weighted by molar-refractivity contribution is 1.42. The van der Waals surface area contributed by atoms with E-state index in [1.165, 1.54) is 10.8 Å². The van der Waals surface area contributed by atoms with Crippen LogP contribution in [0.3, 0.4) is 0 Å². The predicted octanol–water partition coefficient (Wildman–Crippen LogP) is 5.11. The summed E-state index contributed by atoms with van der Waals surface area (Å²) in [4.78, 5) is 11.6. The fourth-order valence-corrected chi connectivity index (χ4v) is 3.48. The van der Waals surface area contributed by atoms with Gasteiger partial charge in [-0.25, -0.2) is 0 Å². The van der Waals surface area contributed by atoms with Crippen LogP contribution in [0.15, 0.2) is 53.1 Å². The Hall–Kier alpha value is -2.33. The second kappa shape index (κ2) is 3.86. The molecule has 0 atom stereocenters. The molecule has 0 radical (unpaired) electrons. The van der Waals surface area contributed by atoms with E-state index < -0.39 is 0 Å². The number of halogens is 1. The third-order valence-electron chi connectivity index (χ3n) is 4.04. The average Bonchev–Trinajstić information content (AvgIpc) is 3.04. The van der Waals surface area contributed by atoms with E-state index in [0.717, 1.165) is 37.4 Å². The molecule has 2 aromatic carbocycles. The maximum Gasteiger partial charge on any atom is 0.0966 e. The van der Waals surface area contributed by atoms with Gasteiger partial charge in [0.15, 0.2) is 0 Å². The summed E-state index contributed by atoms with van der Waals surface area (Å²) in [6.45, 7) is 0. The summed E-state index contributed by atoms with van der Waals surface area (Å²) < 4.78 is 1.07. The largest absolute Gasteiger partial charge is 0.353 e. The number of benzene rings is 2. The molecular weight excluding hydrogens is 326 g/mol. The number of nitrogens with zero attached hydrogens (tertiary/aromatic N) is 1. The van der Waals surface area contributed by atoms with Crippen LogP contribution in [0.1, 0.15) is 0 Å². The first-order valence-corrected chi connectivity index (χ1v) is 7.57. The first-order valence-electron chi connectivity index (χ1n) is 6.77. The minimum absolute atomic E-state index is 1.02. The van der Waals surface area contributed by atoms with Gasteiger partial charge in [0.05, 0.1) is 22.7 Å². The number of hydrogen-bond donors (Lipinski definition) is 2. The topological polar surface area (TPSA) is 44.5 Å². The van der Waals surface area contributed by atoms with E-state index in [1.54, 1.807) is 0 Å². The molecule has 3 nitrogen and oxygen atoms in total. The summed E-state index contributed by atoms with van der Waals surface area (Å²) in [5, 5.41) is 3.58. The molecule has 3 heterocycles. The number of fused-ring (bicyclic) bond motifs is 7. The second-order valence-electron chi connectivity index (χ2n) is 5.26. The van der Waals surface area contributed by atoms with Crippen LogP contribution >= 0.6 is 15.9 Å². The van der Waals surface area contributed by atoms with Crippen molar-refractivity contribution in [3.63, 3.8) is 0 Å². The zero-order valence-electron chi connectivity index (χ0n) is 10.9. The molecule has 100 valence electrons. The van der Waals surface area contributed by atoms with Crippen LogP contribution in [0.5, 0.6) is 0 Å². The summed E-state index contributed by atoms with van der Waals surface area (Å²) in [7, 11) is 0. The van der Waals surface area contributed by atoms with Crippen LogP contribution < -0.4 is 0 Å². The molecule has 0 spiro atoms. The van der Waals surface area contributed by atoms with Crippen molar-refractivity contribution >= 4 is 59.7 Å².